The maximum atomic E-state index is 12.3. The number of nitrogens with zero attached hydrogens (tertiary/aromatic N) is 2. The second-order valence-corrected chi connectivity index (χ2v) is 7.02. The smallest absolute Gasteiger partial charge is 0.240 e. The Morgan fingerprint density at radius 1 is 1.12 bits per heavy atom. The second kappa shape index (κ2) is 7.46. The highest BCUT2D eigenvalue weighted by Gasteiger charge is 2.16. The van der Waals surface area contributed by atoms with Gasteiger partial charge in [0.25, 0.3) is 0 Å². The summed E-state index contributed by atoms with van der Waals surface area (Å²) in [6, 6.07) is 13.3. The summed E-state index contributed by atoms with van der Waals surface area (Å²) in [5.74, 6) is 0.708. The Morgan fingerprint density at radius 2 is 1.80 bits per heavy atom. The Morgan fingerprint density at radius 3 is 2.48 bits per heavy atom. The first-order valence-electron chi connectivity index (χ1n) is 8.12. The van der Waals surface area contributed by atoms with Gasteiger partial charge in [-0.15, -0.1) is 0 Å². The fourth-order valence-corrected chi connectivity index (χ4v) is 3.34. The minimum absolute atomic E-state index is 0.0512. The minimum atomic E-state index is -0.0512. The predicted molar refractivity (Wildman–Crippen MR) is 102 cm³/mol. The summed E-state index contributed by atoms with van der Waals surface area (Å²) in [6.45, 7) is 4.08. The summed E-state index contributed by atoms with van der Waals surface area (Å²) in [5, 5.41) is 4.11. The van der Waals surface area contributed by atoms with Gasteiger partial charge in [-0.3, -0.25) is 4.79 Å². The van der Waals surface area contributed by atoms with E-state index in [1.165, 1.54) is 0 Å². The first kappa shape index (κ1) is 17.8. The van der Waals surface area contributed by atoms with Gasteiger partial charge in [0, 0.05) is 22.5 Å². The highest BCUT2D eigenvalue weighted by molar-refractivity contribution is 6.36. The van der Waals surface area contributed by atoms with Crippen LogP contribution in [0.4, 0.5) is 0 Å². The van der Waals surface area contributed by atoms with Crippen molar-refractivity contribution in [1.82, 2.24) is 14.9 Å². The van der Waals surface area contributed by atoms with Crippen LogP contribution in [0.5, 0.6) is 0 Å². The van der Waals surface area contributed by atoms with Crippen molar-refractivity contribution in [3.8, 4) is 0 Å². The van der Waals surface area contributed by atoms with Crippen LogP contribution in [0.1, 0.15) is 25.2 Å². The number of halogens is 2. The zero-order valence-electron chi connectivity index (χ0n) is 14.1. The third kappa shape index (κ3) is 3.97. The number of amides is 1. The molecule has 0 aliphatic heterocycles. The fourth-order valence-electron chi connectivity index (χ4n) is 2.81. The number of rotatable bonds is 5. The molecular formula is C19H19Cl2N3O. The topological polar surface area (TPSA) is 46.9 Å². The van der Waals surface area contributed by atoms with Crippen LogP contribution >= 0.6 is 23.2 Å². The Balaban J connectivity index is 2.02. The molecule has 0 saturated carbocycles. The molecule has 0 aliphatic carbocycles. The number of carbonyl (C=O) groups excluding carboxylic acids is 1. The average molecular weight is 376 g/mol. The molecule has 0 atom stereocenters. The number of para-hydroxylation sites is 2. The highest BCUT2D eigenvalue weighted by atomic mass is 35.5. The molecule has 3 aromatic rings. The molecule has 0 radical (unpaired) electrons. The van der Waals surface area contributed by atoms with Gasteiger partial charge in [-0.1, -0.05) is 41.4 Å². The van der Waals surface area contributed by atoms with Gasteiger partial charge in [-0.05, 0) is 43.7 Å². The van der Waals surface area contributed by atoms with Crippen LogP contribution < -0.4 is 5.32 Å². The van der Waals surface area contributed by atoms with E-state index >= 15 is 0 Å². The lowest BCUT2D eigenvalue weighted by Crippen LogP contribution is -2.33. The van der Waals surface area contributed by atoms with Crippen molar-refractivity contribution >= 4 is 40.1 Å². The molecule has 1 aromatic heterocycles. The van der Waals surface area contributed by atoms with Gasteiger partial charge < -0.3 is 9.88 Å². The molecule has 6 heteroatoms. The van der Waals surface area contributed by atoms with Crippen LogP contribution in [0, 0.1) is 0 Å². The molecule has 0 unspecified atom stereocenters. The highest BCUT2D eigenvalue weighted by Crippen LogP contribution is 2.28. The van der Waals surface area contributed by atoms with Gasteiger partial charge in [-0.2, -0.15) is 0 Å². The van der Waals surface area contributed by atoms with E-state index in [4.69, 9.17) is 23.2 Å². The first-order chi connectivity index (χ1) is 12.0. The molecular weight excluding hydrogens is 357 g/mol. The van der Waals surface area contributed by atoms with Crippen molar-refractivity contribution in [3.05, 3.63) is 63.9 Å². The summed E-state index contributed by atoms with van der Waals surface area (Å²) in [4.78, 5) is 17.0. The van der Waals surface area contributed by atoms with Gasteiger partial charge >= 0.3 is 0 Å². The van der Waals surface area contributed by atoms with Crippen molar-refractivity contribution < 1.29 is 4.79 Å². The van der Waals surface area contributed by atoms with Crippen LogP contribution in [-0.2, 0) is 17.8 Å². The fraction of sp³-hybridized carbons (Fsp3) is 0.263. The van der Waals surface area contributed by atoms with Gasteiger partial charge in [-0.25, -0.2) is 4.98 Å². The average Bonchev–Trinajstić information content (AvgIpc) is 2.88. The Labute approximate surface area is 156 Å². The zero-order chi connectivity index (χ0) is 18.0. The van der Waals surface area contributed by atoms with E-state index in [2.05, 4.69) is 10.3 Å². The largest absolute Gasteiger partial charge is 0.352 e. The molecule has 1 heterocycles. The SMILES string of the molecule is CC(C)NC(=O)Cn1c(Cc2c(Cl)cccc2Cl)nc2ccccc21. The van der Waals surface area contributed by atoms with Crippen LogP contribution in [0.2, 0.25) is 10.0 Å². The van der Waals surface area contributed by atoms with Gasteiger partial charge in [0.05, 0.1) is 11.0 Å². The third-order valence-electron chi connectivity index (χ3n) is 3.88. The van der Waals surface area contributed by atoms with E-state index in [0.717, 1.165) is 22.4 Å². The predicted octanol–water partition coefficient (Wildman–Crippen LogP) is 4.46. The molecule has 1 N–H and O–H groups in total. The van der Waals surface area contributed by atoms with Crippen molar-refractivity contribution in [1.29, 1.82) is 0 Å². The van der Waals surface area contributed by atoms with E-state index in [-0.39, 0.29) is 18.5 Å². The normalized spacial score (nSPS) is 11.2. The summed E-state index contributed by atoms with van der Waals surface area (Å²) in [6.07, 6.45) is 0.460. The zero-order valence-corrected chi connectivity index (χ0v) is 15.6. The third-order valence-corrected chi connectivity index (χ3v) is 4.59. The lowest BCUT2D eigenvalue weighted by molar-refractivity contribution is -0.122. The molecule has 2 aromatic carbocycles. The Bertz CT molecular complexity index is 898. The molecule has 130 valence electrons. The Kier molecular flexibility index (Phi) is 5.30. The molecule has 0 saturated heterocycles. The van der Waals surface area contributed by atoms with E-state index in [0.29, 0.717) is 16.5 Å². The summed E-state index contributed by atoms with van der Waals surface area (Å²) >= 11 is 12.6. The monoisotopic (exact) mass is 375 g/mol. The first-order valence-corrected chi connectivity index (χ1v) is 8.87. The van der Waals surface area contributed by atoms with Gasteiger partial charge in [0.1, 0.15) is 12.4 Å². The maximum absolute atomic E-state index is 12.3. The molecule has 0 spiro atoms. The lowest BCUT2D eigenvalue weighted by atomic mass is 10.1. The molecule has 0 fully saturated rings. The van der Waals surface area contributed by atoms with E-state index in [1.807, 2.05) is 48.7 Å². The summed E-state index contributed by atoms with van der Waals surface area (Å²) in [7, 11) is 0. The van der Waals surface area contributed by atoms with E-state index < -0.39 is 0 Å². The molecule has 0 bridgehead atoms. The molecule has 0 aliphatic rings. The van der Waals surface area contributed by atoms with Crippen LogP contribution in [0.15, 0.2) is 42.5 Å². The second-order valence-electron chi connectivity index (χ2n) is 6.20. The summed E-state index contributed by atoms with van der Waals surface area (Å²) in [5.41, 5.74) is 2.57. The number of fused-ring (bicyclic) bond motifs is 1. The molecule has 1 amide bonds. The van der Waals surface area contributed by atoms with E-state index in [1.54, 1.807) is 12.1 Å². The molecule has 3 rings (SSSR count). The lowest BCUT2D eigenvalue weighted by Gasteiger charge is -2.13. The number of aromatic nitrogens is 2. The van der Waals surface area contributed by atoms with Crippen LogP contribution in [0.25, 0.3) is 11.0 Å². The number of hydrogen-bond acceptors (Lipinski definition) is 2. The number of carbonyl (C=O) groups is 1. The molecule has 25 heavy (non-hydrogen) atoms. The number of nitrogens with one attached hydrogen (secondary N) is 1. The number of benzene rings is 2. The van der Waals surface area contributed by atoms with E-state index in [9.17, 15) is 4.79 Å². The van der Waals surface area contributed by atoms with Crippen molar-refractivity contribution in [2.24, 2.45) is 0 Å². The molecule has 4 nitrogen and oxygen atoms in total. The Hall–Kier alpha value is -2.04. The number of hydrogen-bond donors (Lipinski definition) is 1. The quantitative estimate of drug-likeness (QED) is 0.715. The van der Waals surface area contributed by atoms with Crippen molar-refractivity contribution in [2.75, 3.05) is 0 Å². The van der Waals surface area contributed by atoms with Gasteiger partial charge in [0.15, 0.2) is 0 Å². The number of imidazole rings is 1. The van der Waals surface area contributed by atoms with Crippen molar-refractivity contribution in [3.63, 3.8) is 0 Å². The minimum Gasteiger partial charge on any atom is -0.352 e. The standard InChI is InChI=1S/C19H19Cl2N3O/c1-12(2)22-19(25)11-24-17-9-4-3-8-16(17)23-18(24)10-13-14(20)6-5-7-15(13)21/h3-9,12H,10-11H2,1-2H3,(H,22,25). The summed E-state index contributed by atoms with van der Waals surface area (Å²) < 4.78 is 1.92. The van der Waals surface area contributed by atoms with Crippen molar-refractivity contribution in [2.45, 2.75) is 32.9 Å². The van der Waals surface area contributed by atoms with Crippen LogP contribution in [0.3, 0.4) is 0 Å². The maximum Gasteiger partial charge on any atom is 0.240 e. The van der Waals surface area contributed by atoms with Crippen LogP contribution in [-0.4, -0.2) is 21.5 Å². The van der Waals surface area contributed by atoms with Gasteiger partial charge in [0.2, 0.25) is 5.91 Å².